The fraction of sp³-hybridized carbons (Fsp3) is 1.00. The van der Waals surface area contributed by atoms with Gasteiger partial charge in [0.2, 0.25) is 0 Å². The summed E-state index contributed by atoms with van der Waals surface area (Å²) >= 11 is 0. The van der Waals surface area contributed by atoms with Gasteiger partial charge in [0.15, 0.2) is 0 Å². The van der Waals surface area contributed by atoms with E-state index in [0.29, 0.717) is 18.6 Å². The van der Waals surface area contributed by atoms with Crippen LogP contribution in [0.2, 0.25) is 0 Å². The van der Waals surface area contributed by atoms with Crippen molar-refractivity contribution in [3.8, 4) is 0 Å². The van der Waals surface area contributed by atoms with E-state index >= 15 is 0 Å². The Morgan fingerprint density at radius 1 is 1.11 bits per heavy atom. The Labute approximate surface area is 115 Å². The molecule has 3 unspecified atom stereocenters. The van der Waals surface area contributed by atoms with Crippen molar-refractivity contribution in [2.24, 2.45) is 0 Å². The van der Waals surface area contributed by atoms with Crippen LogP contribution < -0.4 is 0 Å². The zero-order valence-electron chi connectivity index (χ0n) is 11.9. The van der Waals surface area contributed by atoms with E-state index in [1.807, 2.05) is 0 Å². The molecule has 0 bridgehead atoms. The van der Waals surface area contributed by atoms with E-state index < -0.39 is 0 Å². The second-order valence-electron chi connectivity index (χ2n) is 5.11. The van der Waals surface area contributed by atoms with Crippen molar-refractivity contribution in [3.63, 3.8) is 0 Å². The van der Waals surface area contributed by atoms with Crippen molar-refractivity contribution in [3.05, 3.63) is 0 Å². The van der Waals surface area contributed by atoms with E-state index in [1.54, 1.807) is 0 Å². The van der Waals surface area contributed by atoms with Crippen LogP contribution in [-0.2, 0) is 14.2 Å². The summed E-state index contributed by atoms with van der Waals surface area (Å²) in [6.45, 7) is 5.50. The second-order valence-corrected chi connectivity index (χ2v) is 5.11. The molecule has 2 rings (SSSR count). The van der Waals surface area contributed by atoms with Gasteiger partial charge in [0.05, 0.1) is 32.5 Å². The largest absolute Gasteiger partial charge is 0.396 e. The highest BCUT2D eigenvalue weighted by atomic mass is 16.6. The summed E-state index contributed by atoms with van der Waals surface area (Å²) in [6.07, 6.45) is 5.33. The van der Waals surface area contributed by atoms with Crippen LogP contribution in [0, 0.1) is 0 Å². The predicted octanol–water partition coefficient (Wildman–Crippen LogP) is 1.11. The average molecular weight is 276 g/mol. The van der Waals surface area contributed by atoms with Crippen molar-refractivity contribution >= 4 is 0 Å². The first-order chi connectivity index (χ1) is 9.26. The molecule has 0 amide bonds. The van der Waals surface area contributed by atoms with Gasteiger partial charge in [-0.3, -0.25) is 0 Å². The molecule has 0 aromatic heterocycles. The van der Waals surface area contributed by atoms with Gasteiger partial charge in [-0.15, -0.1) is 0 Å². The van der Waals surface area contributed by atoms with Crippen molar-refractivity contribution in [1.82, 2.24) is 0 Å². The molecular formula is C14H28O5. The Morgan fingerprint density at radius 3 is 2.11 bits per heavy atom. The van der Waals surface area contributed by atoms with Gasteiger partial charge in [-0.2, -0.15) is 0 Å². The van der Waals surface area contributed by atoms with Crippen molar-refractivity contribution in [2.75, 3.05) is 33.0 Å². The van der Waals surface area contributed by atoms with Crippen molar-refractivity contribution in [2.45, 2.75) is 57.3 Å². The van der Waals surface area contributed by atoms with Gasteiger partial charge in [-0.1, -0.05) is 26.2 Å². The Bertz CT molecular complexity index is 192. The van der Waals surface area contributed by atoms with Crippen LogP contribution in [0.25, 0.3) is 0 Å². The van der Waals surface area contributed by atoms with Gasteiger partial charge in [0.1, 0.15) is 12.2 Å². The molecule has 2 aliphatic rings. The van der Waals surface area contributed by atoms with Gasteiger partial charge in [-0.25, -0.2) is 0 Å². The highest BCUT2D eigenvalue weighted by Gasteiger charge is 2.26. The Balaban J connectivity index is 0.000000190. The van der Waals surface area contributed by atoms with Crippen LogP contribution in [0.3, 0.4) is 0 Å². The van der Waals surface area contributed by atoms with E-state index in [9.17, 15) is 0 Å². The van der Waals surface area contributed by atoms with E-state index in [2.05, 4.69) is 6.92 Å². The number of hydrogen-bond acceptors (Lipinski definition) is 5. The number of rotatable bonds is 10. The fourth-order valence-electron chi connectivity index (χ4n) is 1.58. The first-order valence-electron chi connectivity index (χ1n) is 7.36. The molecule has 114 valence electrons. The zero-order valence-corrected chi connectivity index (χ0v) is 11.9. The lowest BCUT2D eigenvalue weighted by Gasteiger charge is -2.06. The van der Waals surface area contributed by atoms with E-state index in [4.69, 9.17) is 24.4 Å². The number of ether oxygens (including phenoxy) is 3. The number of aliphatic hydroxyl groups is 2. The van der Waals surface area contributed by atoms with Crippen LogP contribution >= 0.6 is 0 Å². The summed E-state index contributed by atoms with van der Waals surface area (Å²) in [6, 6.07) is 0. The van der Waals surface area contributed by atoms with Crippen molar-refractivity contribution in [1.29, 1.82) is 0 Å². The molecule has 2 saturated heterocycles. The summed E-state index contributed by atoms with van der Waals surface area (Å²) in [4.78, 5) is 0. The Morgan fingerprint density at radius 2 is 1.68 bits per heavy atom. The third-order valence-corrected chi connectivity index (χ3v) is 3.02. The van der Waals surface area contributed by atoms with Gasteiger partial charge >= 0.3 is 0 Å². The normalized spacial score (nSPS) is 25.4. The molecule has 2 N–H and O–H groups in total. The van der Waals surface area contributed by atoms with E-state index in [-0.39, 0.29) is 12.7 Å². The van der Waals surface area contributed by atoms with Crippen molar-refractivity contribution < 1.29 is 24.4 Å². The monoisotopic (exact) mass is 276 g/mol. The summed E-state index contributed by atoms with van der Waals surface area (Å²) in [5.41, 5.74) is 0. The van der Waals surface area contributed by atoms with Crippen LogP contribution in [0.15, 0.2) is 0 Å². The molecule has 0 radical (unpaired) electrons. The molecule has 2 heterocycles. The first kappa shape index (κ1) is 16.9. The number of hydrogen-bond donors (Lipinski definition) is 2. The maximum absolute atomic E-state index is 9.12. The molecule has 0 aromatic carbocycles. The van der Waals surface area contributed by atoms with Crippen LogP contribution in [-0.4, -0.2) is 61.6 Å². The maximum atomic E-state index is 9.12. The molecule has 0 aromatic rings. The topological polar surface area (TPSA) is 74.8 Å². The quantitative estimate of drug-likeness (QED) is 0.462. The summed E-state index contributed by atoms with van der Waals surface area (Å²) < 4.78 is 15.1. The summed E-state index contributed by atoms with van der Waals surface area (Å²) in [5, 5.41) is 17.5. The molecule has 19 heavy (non-hydrogen) atoms. The molecule has 3 atom stereocenters. The van der Waals surface area contributed by atoms with Crippen LogP contribution in [0.1, 0.15) is 39.0 Å². The molecule has 0 spiro atoms. The SMILES string of the molecule is C(OCC1CO1)C1CO1.CCCCCC(O)CCO. The third-order valence-electron chi connectivity index (χ3n) is 3.02. The van der Waals surface area contributed by atoms with Crippen LogP contribution in [0.4, 0.5) is 0 Å². The Kier molecular flexibility index (Phi) is 9.38. The molecule has 5 heteroatoms. The maximum Gasteiger partial charge on any atom is 0.104 e. The smallest absolute Gasteiger partial charge is 0.104 e. The third kappa shape index (κ3) is 11.3. The highest BCUT2D eigenvalue weighted by molar-refractivity contribution is 4.71. The predicted molar refractivity (Wildman–Crippen MR) is 72.2 cm³/mol. The second kappa shape index (κ2) is 10.6. The number of epoxide rings is 2. The fourth-order valence-corrected chi connectivity index (χ4v) is 1.58. The molecule has 2 aliphatic heterocycles. The molecule has 2 fully saturated rings. The summed E-state index contributed by atoms with van der Waals surface area (Å²) in [7, 11) is 0. The van der Waals surface area contributed by atoms with Gasteiger partial charge in [0, 0.05) is 6.61 Å². The molecule has 0 aliphatic carbocycles. The Hall–Kier alpha value is -0.200. The van der Waals surface area contributed by atoms with Gasteiger partial charge < -0.3 is 24.4 Å². The standard InChI is InChI=1S/C8H18O2.C6H10O3/c1-2-3-4-5-8(10)6-7-9;1(5-3-8-5)7-2-6-4-9-6/h8-10H,2-7H2,1H3;5-6H,1-4H2. The molecule has 5 nitrogen and oxygen atoms in total. The number of aliphatic hydroxyl groups excluding tert-OH is 2. The minimum atomic E-state index is -0.281. The highest BCUT2D eigenvalue weighted by Crippen LogP contribution is 2.12. The van der Waals surface area contributed by atoms with E-state index in [0.717, 1.165) is 39.3 Å². The minimum absolute atomic E-state index is 0.104. The summed E-state index contributed by atoms with van der Waals surface area (Å²) in [5.74, 6) is 0. The first-order valence-corrected chi connectivity index (χ1v) is 7.36. The van der Waals surface area contributed by atoms with Gasteiger partial charge in [-0.05, 0) is 12.8 Å². The zero-order chi connectivity index (χ0) is 13.9. The lowest BCUT2D eigenvalue weighted by molar-refractivity contribution is 0.102. The molecule has 0 saturated carbocycles. The van der Waals surface area contributed by atoms with Crippen LogP contribution in [0.5, 0.6) is 0 Å². The van der Waals surface area contributed by atoms with Gasteiger partial charge in [0.25, 0.3) is 0 Å². The number of unbranched alkanes of at least 4 members (excludes halogenated alkanes) is 2. The van der Waals surface area contributed by atoms with E-state index in [1.165, 1.54) is 12.8 Å². The minimum Gasteiger partial charge on any atom is -0.396 e. The lowest BCUT2D eigenvalue weighted by Crippen LogP contribution is -2.07. The lowest BCUT2D eigenvalue weighted by atomic mass is 10.1. The molecular weight excluding hydrogens is 248 g/mol. The average Bonchev–Trinajstić information content (AvgIpc) is 3.25.